The van der Waals surface area contributed by atoms with Crippen LogP contribution in [0.2, 0.25) is 0 Å². The fourth-order valence-corrected chi connectivity index (χ4v) is 0.541. The molecule has 0 aromatic carbocycles. The molecule has 0 fully saturated rings. The van der Waals surface area contributed by atoms with Crippen molar-refractivity contribution in [2.45, 2.75) is 19.4 Å². The standard InChI is InChI=1S/C4H9NO2S.C4H6O2/c5-3(1-2-8)4(6)7;1-3(2)4(5)6/h3,8H,1-2,5H2,(H,6,7);1H2,2H3,(H,5,6)/t3-;/m0./s1. The molecule has 0 unspecified atom stereocenters. The molecule has 82 valence electrons. The van der Waals surface area contributed by atoms with E-state index in [0.717, 1.165) is 0 Å². The number of nitrogens with two attached hydrogens (primary N) is 1. The van der Waals surface area contributed by atoms with Gasteiger partial charge in [-0.25, -0.2) is 4.79 Å². The fourth-order valence-electron chi connectivity index (χ4n) is 0.263. The van der Waals surface area contributed by atoms with E-state index in [4.69, 9.17) is 15.9 Å². The zero-order valence-corrected chi connectivity index (χ0v) is 8.83. The minimum atomic E-state index is -0.959. The first-order valence-electron chi connectivity index (χ1n) is 3.81. The van der Waals surface area contributed by atoms with Gasteiger partial charge in [-0.3, -0.25) is 4.79 Å². The lowest BCUT2D eigenvalue weighted by Gasteiger charge is -2.00. The molecule has 0 aliphatic carbocycles. The van der Waals surface area contributed by atoms with Crippen molar-refractivity contribution in [2.75, 3.05) is 5.75 Å². The van der Waals surface area contributed by atoms with E-state index in [1.54, 1.807) is 0 Å². The minimum Gasteiger partial charge on any atom is -0.480 e. The second kappa shape index (κ2) is 8.58. The van der Waals surface area contributed by atoms with Crippen molar-refractivity contribution in [2.24, 2.45) is 5.73 Å². The van der Waals surface area contributed by atoms with Gasteiger partial charge in [0.25, 0.3) is 0 Å². The van der Waals surface area contributed by atoms with Crippen LogP contribution in [0.3, 0.4) is 0 Å². The Morgan fingerprint density at radius 2 is 1.86 bits per heavy atom. The summed E-state index contributed by atoms with van der Waals surface area (Å²) in [6.07, 6.45) is 0.429. The summed E-state index contributed by atoms with van der Waals surface area (Å²) in [7, 11) is 0. The van der Waals surface area contributed by atoms with E-state index in [2.05, 4.69) is 19.2 Å². The normalized spacial score (nSPS) is 10.8. The third kappa shape index (κ3) is 11.0. The highest BCUT2D eigenvalue weighted by molar-refractivity contribution is 7.80. The van der Waals surface area contributed by atoms with Crippen LogP contribution in [0.4, 0.5) is 0 Å². The third-order valence-electron chi connectivity index (χ3n) is 1.12. The largest absolute Gasteiger partial charge is 0.480 e. The van der Waals surface area contributed by atoms with Crippen LogP contribution in [-0.2, 0) is 9.59 Å². The molecule has 0 heterocycles. The fraction of sp³-hybridized carbons (Fsp3) is 0.500. The van der Waals surface area contributed by atoms with Crippen molar-refractivity contribution in [3.8, 4) is 0 Å². The van der Waals surface area contributed by atoms with Crippen molar-refractivity contribution in [1.29, 1.82) is 0 Å². The molecule has 14 heavy (non-hydrogen) atoms. The van der Waals surface area contributed by atoms with Gasteiger partial charge in [-0.15, -0.1) is 0 Å². The Kier molecular flexibility index (Phi) is 9.48. The zero-order valence-electron chi connectivity index (χ0n) is 7.93. The van der Waals surface area contributed by atoms with Gasteiger partial charge in [-0.2, -0.15) is 12.6 Å². The van der Waals surface area contributed by atoms with E-state index in [1.165, 1.54) is 6.92 Å². The molecule has 0 aliphatic heterocycles. The maximum absolute atomic E-state index is 9.93. The predicted octanol–water partition coefficient (Wildman–Crippen LogP) is 0.365. The molecule has 0 saturated heterocycles. The van der Waals surface area contributed by atoms with Crippen molar-refractivity contribution < 1.29 is 19.8 Å². The summed E-state index contributed by atoms with van der Waals surface area (Å²) in [6.45, 7) is 4.60. The molecule has 0 saturated carbocycles. The molecule has 5 nitrogen and oxygen atoms in total. The Hall–Kier alpha value is -1.01. The van der Waals surface area contributed by atoms with Crippen LogP contribution in [0.25, 0.3) is 0 Å². The Morgan fingerprint density at radius 1 is 1.50 bits per heavy atom. The van der Waals surface area contributed by atoms with Gasteiger partial charge in [-0.05, 0) is 19.1 Å². The third-order valence-corrected chi connectivity index (χ3v) is 1.38. The molecule has 0 aromatic rings. The van der Waals surface area contributed by atoms with Gasteiger partial charge >= 0.3 is 11.9 Å². The summed E-state index contributed by atoms with van der Waals surface area (Å²) >= 11 is 3.81. The van der Waals surface area contributed by atoms with Crippen molar-refractivity contribution >= 4 is 24.6 Å². The molecular formula is C8H15NO4S. The van der Waals surface area contributed by atoms with Gasteiger partial charge in [-0.1, -0.05) is 6.58 Å². The number of thiol groups is 1. The number of carboxylic acids is 2. The number of hydrogen-bond acceptors (Lipinski definition) is 4. The maximum atomic E-state index is 9.93. The average Bonchev–Trinajstić information content (AvgIpc) is 2.05. The average molecular weight is 221 g/mol. The van der Waals surface area contributed by atoms with Gasteiger partial charge in [0, 0.05) is 5.57 Å². The molecule has 0 radical (unpaired) electrons. The Labute approximate surface area is 88.0 Å². The first kappa shape index (κ1) is 15.5. The molecule has 0 rings (SSSR count). The topological polar surface area (TPSA) is 101 Å². The van der Waals surface area contributed by atoms with Crippen LogP contribution in [0.5, 0.6) is 0 Å². The van der Waals surface area contributed by atoms with Crippen LogP contribution in [0.1, 0.15) is 13.3 Å². The molecule has 0 bridgehead atoms. The Balaban J connectivity index is 0. The summed E-state index contributed by atoms with van der Waals surface area (Å²) in [4.78, 5) is 19.5. The van der Waals surface area contributed by atoms with Gasteiger partial charge in [0.2, 0.25) is 0 Å². The van der Waals surface area contributed by atoms with Crippen LogP contribution in [0.15, 0.2) is 12.2 Å². The Bertz CT molecular complexity index is 205. The monoisotopic (exact) mass is 221 g/mol. The van der Waals surface area contributed by atoms with E-state index in [1.807, 2.05) is 0 Å². The van der Waals surface area contributed by atoms with Crippen LogP contribution in [0, 0.1) is 0 Å². The predicted molar refractivity (Wildman–Crippen MR) is 56.5 cm³/mol. The molecular weight excluding hydrogens is 206 g/mol. The molecule has 1 atom stereocenters. The summed E-state index contributed by atoms with van der Waals surface area (Å²) in [5.74, 6) is -1.37. The number of hydrogen-bond donors (Lipinski definition) is 4. The number of carbonyl (C=O) groups is 2. The molecule has 4 N–H and O–H groups in total. The number of aliphatic carboxylic acids is 2. The maximum Gasteiger partial charge on any atom is 0.330 e. The van der Waals surface area contributed by atoms with E-state index in [0.29, 0.717) is 12.2 Å². The van der Waals surface area contributed by atoms with Crippen LogP contribution in [-0.4, -0.2) is 33.9 Å². The highest BCUT2D eigenvalue weighted by Gasteiger charge is 2.08. The molecule has 0 spiro atoms. The molecule has 0 amide bonds. The van der Waals surface area contributed by atoms with E-state index in [9.17, 15) is 9.59 Å². The number of rotatable bonds is 4. The van der Waals surface area contributed by atoms with Crippen molar-refractivity contribution in [3.63, 3.8) is 0 Å². The van der Waals surface area contributed by atoms with Crippen molar-refractivity contribution in [1.82, 2.24) is 0 Å². The second-order valence-corrected chi connectivity index (χ2v) is 2.99. The second-order valence-electron chi connectivity index (χ2n) is 2.54. The number of carboxylic acid groups (broad SMARTS) is 2. The lowest BCUT2D eigenvalue weighted by Crippen LogP contribution is -2.30. The van der Waals surface area contributed by atoms with E-state index in [-0.39, 0.29) is 5.57 Å². The highest BCUT2D eigenvalue weighted by Crippen LogP contribution is 1.88. The van der Waals surface area contributed by atoms with Gasteiger partial charge in [0.15, 0.2) is 0 Å². The lowest BCUT2D eigenvalue weighted by atomic mass is 10.2. The molecule has 0 aromatic heterocycles. The van der Waals surface area contributed by atoms with Crippen LogP contribution >= 0.6 is 12.6 Å². The smallest absolute Gasteiger partial charge is 0.330 e. The summed E-state index contributed by atoms with van der Waals surface area (Å²) in [5.41, 5.74) is 5.25. The van der Waals surface area contributed by atoms with E-state index < -0.39 is 18.0 Å². The SMILES string of the molecule is C=C(C)C(=O)O.N[C@@H](CCS)C(=O)O. The van der Waals surface area contributed by atoms with Gasteiger partial charge < -0.3 is 15.9 Å². The zero-order chi connectivity index (χ0) is 11.7. The quantitative estimate of drug-likeness (QED) is 0.406. The summed E-state index contributed by atoms with van der Waals surface area (Å²) < 4.78 is 0. The highest BCUT2D eigenvalue weighted by atomic mass is 32.1. The van der Waals surface area contributed by atoms with Crippen LogP contribution < -0.4 is 5.73 Å². The van der Waals surface area contributed by atoms with Gasteiger partial charge in [0.05, 0.1) is 0 Å². The first-order chi connectivity index (χ1) is 6.32. The first-order valence-corrected chi connectivity index (χ1v) is 4.44. The molecule has 6 heteroatoms. The van der Waals surface area contributed by atoms with Crippen molar-refractivity contribution in [3.05, 3.63) is 12.2 Å². The van der Waals surface area contributed by atoms with E-state index >= 15 is 0 Å². The Morgan fingerprint density at radius 3 is 1.93 bits per heavy atom. The molecule has 0 aliphatic rings. The lowest BCUT2D eigenvalue weighted by molar-refractivity contribution is -0.138. The summed E-state index contributed by atoms with van der Waals surface area (Å²) in [6, 6.07) is -0.743. The minimum absolute atomic E-state index is 0.176. The van der Waals surface area contributed by atoms with Gasteiger partial charge in [0.1, 0.15) is 6.04 Å². The summed E-state index contributed by atoms with van der Waals surface area (Å²) in [5, 5.41) is 16.0.